The van der Waals surface area contributed by atoms with Gasteiger partial charge in [0.2, 0.25) is 0 Å². The standard InChI is InChI=1S/C9H16F2O2/c1-5(2)7-8(6(3)4)13-9(10,11)12-7/h5-8H,1-4H3. The highest BCUT2D eigenvalue weighted by atomic mass is 19.3. The first kappa shape index (κ1) is 10.9. The van der Waals surface area contributed by atoms with Crippen molar-refractivity contribution in [3.63, 3.8) is 0 Å². The second-order valence-corrected chi connectivity index (χ2v) is 4.12. The van der Waals surface area contributed by atoms with Crippen LogP contribution < -0.4 is 0 Å². The summed E-state index contributed by atoms with van der Waals surface area (Å²) in [5, 5.41) is 0. The Morgan fingerprint density at radius 2 is 1.23 bits per heavy atom. The lowest BCUT2D eigenvalue weighted by Gasteiger charge is -2.21. The van der Waals surface area contributed by atoms with Gasteiger partial charge in [-0.3, -0.25) is 9.47 Å². The molecular formula is C9H16F2O2. The minimum atomic E-state index is -3.40. The Bertz CT molecular complexity index is 162. The molecule has 1 aliphatic heterocycles. The van der Waals surface area contributed by atoms with Crippen molar-refractivity contribution in [3.8, 4) is 0 Å². The smallest absolute Gasteiger partial charge is 0.289 e. The van der Waals surface area contributed by atoms with E-state index in [4.69, 9.17) is 0 Å². The van der Waals surface area contributed by atoms with Crippen LogP contribution in [0.2, 0.25) is 0 Å². The molecule has 1 heterocycles. The average molecular weight is 194 g/mol. The Kier molecular flexibility index (Phi) is 2.92. The van der Waals surface area contributed by atoms with E-state index in [0.717, 1.165) is 0 Å². The minimum Gasteiger partial charge on any atom is -0.289 e. The molecule has 0 aliphatic carbocycles. The molecule has 4 heteroatoms. The molecule has 1 rings (SSSR count). The van der Waals surface area contributed by atoms with E-state index >= 15 is 0 Å². The highest BCUT2D eigenvalue weighted by molar-refractivity contribution is 4.81. The van der Waals surface area contributed by atoms with Gasteiger partial charge < -0.3 is 0 Å². The van der Waals surface area contributed by atoms with Gasteiger partial charge in [0.15, 0.2) is 0 Å². The molecule has 0 bridgehead atoms. The first-order valence-corrected chi connectivity index (χ1v) is 4.57. The zero-order valence-electron chi connectivity index (χ0n) is 8.38. The van der Waals surface area contributed by atoms with Crippen molar-refractivity contribution in [2.75, 3.05) is 0 Å². The molecule has 78 valence electrons. The van der Waals surface area contributed by atoms with E-state index in [1.807, 2.05) is 27.7 Å². The van der Waals surface area contributed by atoms with Gasteiger partial charge in [-0.15, -0.1) is 8.78 Å². The van der Waals surface area contributed by atoms with Crippen molar-refractivity contribution >= 4 is 0 Å². The molecular weight excluding hydrogens is 178 g/mol. The van der Waals surface area contributed by atoms with E-state index in [2.05, 4.69) is 9.47 Å². The van der Waals surface area contributed by atoms with Crippen molar-refractivity contribution in [1.29, 1.82) is 0 Å². The van der Waals surface area contributed by atoms with Crippen molar-refractivity contribution in [3.05, 3.63) is 0 Å². The monoisotopic (exact) mass is 194 g/mol. The van der Waals surface area contributed by atoms with E-state index in [-0.39, 0.29) is 11.8 Å². The first-order valence-electron chi connectivity index (χ1n) is 4.57. The van der Waals surface area contributed by atoms with Crippen LogP contribution in [0.25, 0.3) is 0 Å². The molecule has 2 nitrogen and oxygen atoms in total. The Labute approximate surface area is 77.2 Å². The molecule has 1 saturated heterocycles. The Hall–Kier alpha value is -0.220. The highest BCUT2D eigenvalue weighted by Crippen LogP contribution is 2.37. The molecule has 0 aromatic heterocycles. The Morgan fingerprint density at radius 3 is 1.46 bits per heavy atom. The summed E-state index contributed by atoms with van der Waals surface area (Å²) >= 11 is 0. The van der Waals surface area contributed by atoms with Gasteiger partial charge in [-0.2, -0.15) is 0 Å². The van der Waals surface area contributed by atoms with Crippen LogP contribution in [-0.4, -0.2) is 18.5 Å². The zero-order chi connectivity index (χ0) is 10.2. The quantitative estimate of drug-likeness (QED) is 0.672. The van der Waals surface area contributed by atoms with Gasteiger partial charge in [-0.1, -0.05) is 27.7 Å². The largest absolute Gasteiger partial charge is 0.486 e. The summed E-state index contributed by atoms with van der Waals surface area (Å²) in [6.45, 7) is 7.41. The fraction of sp³-hybridized carbons (Fsp3) is 1.00. The fourth-order valence-corrected chi connectivity index (χ4v) is 1.51. The van der Waals surface area contributed by atoms with Gasteiger partial charge in [0.05, 0.1) is 12.2 Å². The molecule has 0 radical (unpaired) electrons. The predicted octanol–water partition coefficient (Wildman–Crippen LogP) is 2.63. The number of alkyl halides is 2. The summed E-state index contributed by atoms with van der Waals surface area (Å²) in [4.78, 5) is 0. The van der Waals surface area contributed by atoms with Crippen LogP contribution in [0.15, 0.2) is 0 Å². The second-order valence-electron chi connectivity index (χ2n) is 4.12. The van der Waals surface area contributed by atoms with Crippen molar-refractivity contribution in [1.82, 2.24) is 0 Å². The molecule has 0 spiro atoms. The lowest BCUT2D eigenvalue weighted by atomic mass is 9.94. The van der Waals surface area contributed by atoms with E-state index in [1.165, 1.54) is 0 Å². The molecule has 2 unspecified atom stereocenters. The van der Waals surface area contributed by atoms with Crippen LogP contribution in [0.4, 0.5) is 8.78 Å². The van der Waals surface area contributed by atoms with Crippen LogP contribution in [0.5, 0.6) is 0 Å². The molecule has 2 atom stereocenters. The summed E-state index contributed by atoms with van der Waals surface area (Å²) in [6.07, 6.45) is -4.41. The molecule has 0 aromatic carbocycles. The molecule has 0 saturated carbocycles. The summed E-state index contributed by atoms with van der Waals surface area (Å²) in [6, 6.07) is 0. The highest BCUT2D eigenvalue weighted by Gasteiger charge is 2.51. The van der Waals surface area contributed by atoms with Gasteiger partial charge in [0.1, 0.15) is 0 Å². The molecule has 0 aromatic rings. The third kappa shape index (κ3) is 2.38. The molecule has 13 heavy (non-hydrogen) atoms. The van der Waals surface area contributed by atoms with Crippen molar-refractivity contribution < 1.29 is 18.3 Å². The number of halogens is 2. The van der Waals surface area contributed by atoms with E-state index in [9.17, 15) is 8.78 Å². The van der Waals surface area contributed by atoms with Gasteiger partial charge in [-0.05, 0) is 11.8 Å². The lowest BCUT2D eigenvalue weighted by Crippen LogP contribution is -2.31. The zero-order valence-corrected chi connectivity index (χ0v) is 8.38. The third-order valence-electron chi connectivity index (χ3n) is 2.18. The van der Waals surface area contributed by atoms with Gasteiger partial charge in [0, 0.05) is 0 Å². The summed E-state index contributed by atoms with van der Waals surface area (Å²) in [7, 11) is 0. The topological polar surface area (TPSA) is 18.5 Å². The maximum atomic E-state index is 12.7. The number of hydrogen-bond donors (Lipinski definition) is 0. The van der Waals surface area contributed by atoms with Crippen molar-refractivity contribution in [2.45, 2.75) is 46.2 Å². The van der Waals surface area contributed by atoms with E-state index in [0.29, 0.717) is 0 Å². The average Bonchev–Trinajstić information content (AvgIpc) is 2.26. The third-order valence-corrected chi connectivity index (χ3v) is 2.18. The normalized spacial score (nSPS) is 33.2. The molecule has 1 aliphatic rings. The van der Waals surface area contributed by atoms with Crippen LogP contribution >= 0.6 is 0 Å². The second kappa shape index (κ2) is 3.50. The number of hydrogen-bond acceptors (Lipinski definition) is 2. The number of ether oxygens (including phenoxy) is 2. The first-order chi connectivity index (χ1) is 5.83. The van der Waals surface area contributed by atoms with Crippen LogP contribution in [0.3, 0.4) is 0 Å². The summed E-state index contributed by atoms with van der Waals surface area (Å²) in [5.41, 5.74) is 0. The van der Waals surface area contributed by atoms with Crippen molar-refractivity contribution in [2.24, 2.45) is 11.8 Å². The van der Waals surface area contributed by atoms with Crippen LogP contribution in [0, 0.1) is 11.8 Å². The maximum absolute atomic E-state index is 12.7. The van der Waals surface area contributed by atoms with Gasteiger partial charge in [-0.25, -0.2) is 0 Å². The van der Waals surface area contributed by atoms with Crippen LogP contribution in [-0.2, 0) is 9.47 Å². The lowest BCUT2D eigenvalue weighted by molar-refractivity contribution is -0.354. The summed E-state index contributed by atoms with van der Waals surface area (Å²) < 4.78 is 34.5. The Morgan fingerprint density at radius 1 is 0.923 bits per heavy atom. The Balaban J connectivity index is 2.71. The SMILES string of the molecule is CC(C)C1OC(F)(F)OC1C(C)C. The molecule has 0 N–H and O–H groups in total. The van der Waals surface area contributed by atoms with E-state index in [1.54, 1.807) is 0 Å². The number of rotatable bonds is 2. The molecule has 1 fully saturated rings. The van der Waals surface area contributed by atoms with Gasteiger partial charge in [0.25, 0.3) is 0 Å². The minimum absolute atomic E-state index is 0.0424. The fourth-order valence-electron chi connectivity index (χ4n) is 1.51. The summed E-state index contributed by atoms with van der Waals surface area (Å²) in [5.74, 6) is 0.0848. The maximum Gasteiger partial charge on any atom is 0.486 e. The van der Waals surface area contributed by atoms with E-state index < -0.39 is 18.5 Å². The van der Waals surface area contributed by atoms with Crippen LogP contribution in [0.1, 0.15) is 27.7 Å². The van der Waals surface area contributed by atoms with Gasteiger partial charge >= 0.3 is 6.29 Å². The molecule has 0 amide bonds. The predicted molar refractivity (Wildman–Crippen MR) is 44.4 cm³/mol.